The van der Waals surface area contributed by atoms with Gasteiger partial charge >= 0.3 is 0 Å². The second kappa shape index (κ2) is 10.6. The highest BCUT2D eigenvalue weighted by atomic mass is 127. The largest absolute Gasteiger partial charge is 0.357 e. The number of benzene rings is 1. The molecular weight excluding hydrogens is 471 g/mol. The fraction of sp³-hybridized carbons (Fsp3) is 0.312. The first kappa shape index (κ1) is 21.7. The van der Waals surface area contributed by atoms with E-state index in [0.717, 1.165) is 18.4 Å². The Morgan fingerprint density at radius 2 is 1.92 bits per heavy atom. The lowest BCUT2D eigenvalue weighted by atomic mass is 10.2. The molecule has 0 aliphatic carbocycles. The number of guanidine groups is 1. The number of para-hydroxylation sites is 1. The quantitative estimate of drug-likeness (QED) is 0.314. The fourth-order valence-corrected chi connectivity index (χ4v) is 3.29. The zero-order valence-corrected chi connectivity index (χ0v) is 18.1. The molecule has 6 nitrogen and oxygen atoms in total. The van der Waals surface area contributed by atoms with Gasteiger partial charge in [-0.1, -0.05) is 24.3 Å². The Hall–Kier alpha value is -1.33. The molecule has 0 bridgehead atoms. The van der Waals surface area contributed by atoms with Crippen molar-refractivity contribution in [1.82, 2.24) is 10.6 Å². The van der Waals surface area contributed by atoms with Gasteiger partial charge in [-0.15, -0.1) is 35.3 Å². The molecule has 0 unspecified atom stereocenters. The van der Waals surface area contributed by atoms with E-state index in [-0.39, 0.29) is 24.0 Å². The lowest BCUT2D eigenvalue weighted by Crippen LogP contribution is -2.36. The van der Waals surface area contributed by atoms with Crippen LogP contribution in [-0.4, -0.2) is 27.2 Å². The van der Waals surface area contributed by atoms with Gasteiger partial charge in [0.15, 0.2) is 5.96 Å². The number of nitrogens with one attached hydrogen (secondary N) is 3. The van der Waals surface area contributed by atoms with E-state index in [0.29, 0.717) is 24.7 Å². The molecule has 2 aromatic rings. The minimum Gasteiger partial charge on any atom is -0.357 e. The standard InChI is InChI=1S/C16H22N4O2S2.HI/c1-3-17-16(19-12-14-8-6-10-23-14)18-11-13-7-4-5-9-15(13)20-24(2,21)22;/h4-10,20H,3,11-12H2,1-2H3,(H2,17,18,19);1H. The third-order valence-electron chi connectivity index (χ3n) is 3.07. The molecule has 2 rings (SSSR count). The van der Waals surface area contributed by atoms with Gasteiger partial charge in [0.25, 0.3) is 0 Å². The first-order valence-electron chi connectivity index (χ1n) is 7.58. The Bertz CT molecular complexity index is 777. The van der Waals surface area contributed by atoms with Gasteiger partial charge in [-0.3, -0.25) is 4.72 Å². The SMILES string of the molecule is CCNC(=NCc1ccccc1NS(C)(=O)=O)NCc1cccs1.I. The van der Waals surface area contributed by atoms with Crippen LogP contribution in [-0.2, 0) is 23.1 Å². The summed E-state index contributed by atoms with van der Waals surface area (Å²) in [5.74, 6) is 0.694. The molecule has 3 N–H and O–H groups in total. The van der Waals surface area contributed by atoms with Crippen LogP contribution in [0.25, 0.3) is 0 Å². The average Bonchev–Trinajstić information content (AvgIpc) is 3.03. The van der Waals surface area contributed by atoms with Crippen LogP contribution in [0.3, 0.4) is 0 Å². The van der Waals surface area contributed by atoms with Gasteiger partial charge in [0.1, 0.15) is 0 Å². The summed E-state index contributed by atoms with van der Waals surface area (Å²) in [5.41, 5.74) is 1.37. The van der Waals surface area contributed by atoms with Crippen LogP contribution >= 0.6 is 35.3 Å². The smallest absolute Gasteiger partial charge is 0.229 e. The molecule has 0 aliphatic rings. The summed E-state index contributed by atoms with van der Waals surface area (Å²) in [4.78, 5) is 5.76. The molecule has 0 amide bonds. The lowest BCUT2D eigenvalue weighted by molar-refractivity contribution is 0.606. The van der Waals surface area contributed by atoms with Gasteiger partial charge in [0, 0.05) is 11.4 Å². The monoisotopic (exact) mass is 494 g/mol. The van der Waals surface area contributed by atoms with Crippen molar-refractivity contribution in [2.45, 2.75) is 20.0 Å². The Balaban J connectivity index is 0.00000312. The van der Waals surface area contributed by atoms with E-state index in [9.17, 15) is 8.42 Å². The summed E-state index contributed by atoms with van der Waals surface area (Å²) >= 11 is 1.68. The average molecular weight is 494 g/mol. The number of hydrogen-bond acceptors (Lipinski definition) is 4. The van der Waals surface area contributed by atoms with Crippen molar-refractivity contribution in [2.24, 2.45) is 4.99 Å². The molecule has 1 heterocycles. The summed E-state index contributed by atoms with van der Waals surface area (Å²) in [6, 6.07) is 11.3. The van der Waals surface area contributed by atoms with Crippen LogP contribution in [0.5, 0.6) is 0 Å². The Kier molecular flexibility index (Phi) is 9.22. The van der Waals surface area contributed by atoms with Crippen molar-refractivity contribution in [3.63, 3.8) is 0 Å². The van der Waals surface area contributed by atoms with Gasteiger partial charge < -0.3 is 10.6 Å². The van der Waals surface area contributed by atoms with Crippen molar-refractivity contribution in [2.75, 3.05) is 17.5 Å². The Labute approximate surface area is 170 Å². The number of aliphatic imine (C=N–C) groups is 1. The summed E-state index contributed by atoms with van der Waals surface area (Å²) in [6.07, 6.45) is 1.14. The molecule has 9 heteroatoms. The van der Waals surface area contributed by atoms with E-state index in [1.807, 2.05) is 30.5 Å². The molecule has 0 saturated carbocycles. The van der Waals surface area contributed by atoms with Crippen molar-refractivity contribution >= 4 is 57.0 Å². The van der Waals surface area contributed by atoms with Gasteiger partial charge in [0.05, 0.1) is 25.0 Å². The highest BCUT2D eigenvalue weighted by Crippen LogP contribution is 2.17. The Morgan fingerprint density at radius 3 is 2.56 bits per heavy atom. The van der Waals surface area contributed by atoms with E-state index in [1.165, 1.54) is 4.88 Å². The molecule has 0 radical (unpaired) electrons. The van der Waals surface area contributed by atoms with Gasteiger partial charge in [-0.05, 0) is 30.0 Å². The number of thiophene rings is 1. The van der Waals surface area contributed by atoms with Crippen LogP contribution in [0.4, 0.5) is 5.69 Å². The third-order valence-corrected chi connectivity index (χ3v) is 4.54. The number of sulfonamides is 1. The summed E-state index contributed by atoms with van der Waals surface area (Å²) in [5, 5.41) is 8.50. The highest BCUT2D eigenvalue weighted by Gasteiger charge is 2.07. The maximum Gasteiger partial charge on any atom is 0.229 e. The van der Waals surface area contributed by atoms with Crippen molar-refractivity contribution in [3.05, 3.63) is 52.2 Å². The molecule has 138 valence electrons. The number of rotatable bonds is 7. The van der Waals surface area contributed by atoms with Gasteiger partial charge in [0.2, 0.25) is 10.0 Å². The third kappa shape index (κ3) is 8.06. The van der Waals surface area contributed by atoms with Crippen molar-refractivity contribution < 1.29 is 8.42 Å². The molecule has 0 spiro atoms. The van der Waals surface area contributed by atoms with E-state index in [1.54, 1.807) is 23.5 Å². The second-order valence-corrected chi connectivity index (χ2v) is 7.94. The zero-order valence-electron chi connectivity index (χ0n) is 14.2. The van der Waals surface area contributed by atoms with Crippen LogP contribution in [0, 0.1) is 0 Å². The molecule has 0 aliphatic heterocycles. The molecule has 25 heavy (non-hydrogen) atoms. The fourth-order valence-electron chi connectivity index (χ4n) is 2.05. The van der Waals surface area contributed by atoms with Crippen LogP contribution in [0.1, 0.15) is 17.4 Å². The number of anilines is 1. The topological polar surface area (TPSA) is 82.6 Å². The van der Waals surface area contributed by atoms with Crippen LogP contribution in [0.2, 0.25) is 0 Å². The van der Waals surface area contributed by atoms with E-state index in [4.69, 9.17) is 0 Å². The number of hydrogen-bond donors (Lipinski definition) is 3. The van der Waals surface area contributed by atoms with Crippen molar-refractivity contribution in [1.29, 1.82) is 0 Å². The predicted octanol–water partition coefficient (Wildman–Crippen LogP) is 2.99. The molecule has 0 saturated heterocycles. The van der Waals surface area contributed by atoms with Gasteiger partial charge in [-0.2, -0.15) is 0 Å². The molecule has 0 atom stereocenters. The first-order valence-corrected chi connectivity index (χ1v) is 10.4. The minimum absolute atomic E-state index is 0. The molecule has 1 aromatic heterocycles. The maximum absolute atomic E-state index is 11.5. The van der Waals surface area contributed by atoms with Crippen LogP contribution in [0.15, 0.2) is 46.8 Å². The first-order chi connectivity index (χ1) is 11.5. The Morgan fingerprint density at radius 1 is 1.16 bits per heavy atom. The highest BCUT2D eigenvalue weighted by molar-refractivity contribution is 14.0. The summed E-state index contributed by atoms with van der Waals surface area (Å²) < 4.78 is 25.4. The summed E-state index contributed by atoms with van der Waals surface area (Å²) in [7, 11) is -3.32. The number of halogens is 1. The maximum atomic E-state index is 11.5. The number of nitrogens with zero attached hydrogens (tertiary/aromatic N) is 1. The molecule has 1 aromatic carbocycles. The van der Waals surface area contributed by atoms with E-state index < -0.39 is 10.0 Å². The zero-order chi connectivity index (χ0) is 17.4. The normalized spacial score (nSPS) is 11.5. The molecule has 0 fully saturated rings. The summed E-state index contributed by atoms with van der Waals surface area (Å²) in [6.45, 7) is 3.83. The van der Waals surface area contributed by atoms with Crippen LogP contribution < -0.4 is 15.4 Å². The minimum atomic E-state index is -3.32. The van der Waals surface area contributed by atoms with E-state index in [2.05, 4.69) is 26.4 Å². The second-order valence-electron chi connectivity index (χ2n) is 5.16. The van der Waals surface area contributed by atoms with Crippen molar-refractivity contribution in [3.8, 4) is 0 Å². The van der Waals surface area contributed by atoms with E-state index >= 15 is 0 Å². The van der Waals surface area contributed by atoms with Gasteiger partial charge in [-0.25, -0.2) is 13.4 Å². The lowest BCUT2D eigenvalue weighted by Gasteiger charge is -2.12. The molecular formula is C16H23IN4O2S2. The predicted molar refractivity (Wildman–Crippen MR) is 116 cm³/mol.